The molecule has 0 bridgehead atoms. The highest BCUT2D eigenvalue weighted by Crippen LogP contribution is 2.23. The van der Waals surface area contributed by atoms with Crippen LogP contribution in [0.15, 0.2) is 55.2 Å². The highest BCUT2D eigenvalue weighted by molar-refractivity contribution is 6.04. The molecule has 5 rings (SSSR count). The van der Waals surface area contributed by atoms with E-state index < -0.39 is 0 Å². The lowest BCUT2D eigenvalue weighted by atomic mass is 10.1. The summed E-state index contributed by atoms with van der Waals surface area (Å²) >= 11 is 0. The maximum atomic E-state index is 12.8. The van der Waals surface area contributed by atoms with Crippen LogP contribution in [0.4, 0.5) is 11.8 Å². The number of nitrogens with one attached hydrogen (secondary N) is 1. The first-order chi connectivity index (χ1) is 14.7. The van der Waals surface area contributed by atoms with Crippen LogP contribution >= 0.6 is 0 Å². The van der Waals surface area contributed by atoms with Crippen LogP contribution in [0.2, 0.25) is 0 Å². The summed E-state index contributed by atoms with van der Waals surface area (Å²) in [7, 11) is 1.95. The normalized spacial score (nSPS) is 13.7. The number of hydrogen-bond acceptors (Lipinski definition) is 6. The van der Waals surface area contributed by atoms with Crippen LogP contribution in [0.25, 0.3) is 22.2 Å². The van der Waals surface area contributed by atoms with Crippen LogP contribution in [0.3, 0.4) is 0 Å². The summed E-state index contributed by atoms with van der Waals surface area (Å²) in [6, 6.07) is 9.48. The Morgan fingerprint density at radius 1 is 1.07 bits per heavy atom. The highest BCUT2D eigenvalue weighted by Gasteiger charge is 2.16. The van der Waals surface area contributed by atoms with Gasteiger partial charge >= 0.3 is 0 Å². The van der Waals surface area contributed by atoms with Gasteiger partial charge in [0.15, 0.2) is 0 Å². The van der Waals surface area contributed by atoms with Crippen molar-refractivity contribution in [3.05, 3.63) is 60.8 Å². The summed E-state index contributed by atoms with van der Waals surface area (Å²) in [5.74, 6) is 0.856. The molecule has 1 aliphatic heterocycles. The van der Waals surface area contributed by atoms with Crippen molar-refractivity contribution in [1.82, 2.24) is 24.5 Å². The maximum absolute atomic E-state index is 12.8. The van der Waals surface area contributed by atoms with E-state index in [1.54, 1.807) is 24.8 Å². The summed E-state index contributed by atoms with van der Waals surface area (Å²) < 4.78 is 1.95. The number of nitrogens with zero attached hydrogens (tertiary/aromatic N) is 6. The minimum absolute atomic E-state index is 0.250. The molecule has 1 amide bonds. The fourth-order valence-electron chi connectivity index (χ4n) is 3.73. The van der Waals surface area contributed by atoms with E-state index in [0.717, 1.165) is 53.9 Å². The molecule has 1 fully saturated rings. The van der Waals surface area contributed by atoms with Crippen molar-refractivity contribution < 1.29 is 4.79 Å². The van der Waals surface area contributed by atoms with Gasteiger partial charge < -0.3 is 9.47 Å². The van der Waals surface area contributed by atoms with Gasteiger partial charge in [0.25, 0.3) is 5.91 Å². The predicted octanol–water partition coefficient (Wildman–Crippen LogP) is 3.28. The van der Waals surface area contributed by atoms with Gasteiger partial charge in [0.2, 0.25) is 5.95 Å². The molecule has 8 nitrogen and oxygen atoms in total. The molecule has 0 atom stereocenters. The minimum atomic E-state index is -0.250. The molecule has 8 heteroatoms. The van der Waals surface area contributed by atoms with Crippen molar-refractivity contribution in [3.63, 3.8) is 0 Å². The van der Waals surface area contributed by atoms with Crippen molar-refractivity contribution >= 4 is 28.6 Å². The average molecular weight is 399 g/mol. The Morgan fingerprint density at radius 3 is 2.73 bits per heavy atom. The molecule has 3 aromatic heterocycles. The summed E-state index contributed by atoms with van der Waals surface area (Å²) in [6.07, 6.45) is 9.27. The topological polar surface area (TPSA) is 88.8 Å². The van der Waals surface area contributed by atoms with Gasteiger partial charge in [0.1, 0.15) is 5.82 Å². The first-order valence-electron chi connectivity index (χ1n) is 9.93. The largest absolute Gasteiger partial charge is 0.357 e. The SMILES string of the molecule is Cn1cncc1-c1ccc2cnc(NC(=O)c3ccnc(N4CCCC4)c3)nc2c1. The third-order valence-corrected chi connectivity index (χ3v) is 5.36. The Balaban J connectivity index is 1.40. The lowest BCUT2D eigenvalue weighted by molar-refractivity contribution is 0.102. The number of amides is 1. The number of aromatic nitrogens is 5. The zero-order valence-corrected chi connectivity index (χ0v) is 16.6. The Kier molecular flexibility index (Phi) is 4.59. The van der Waals surface area contributed by atoms with Gasteiger partial charge in [0.05, 0.1) is 23.7 Å². The second-order valence-electron chi connectivity index (χ2n) is 7.41. The van der Waals surface area contributed by atoms with Gasteiger partial charge in [-0.1, -0.05) is 12.1 Å². The lowest BCUT2D eigenvalue weighted by Gasteiger charge is -2.16. The Morgan fingerprint density at radius 2 is 1.93 bits per heavy atom. The van der Waals surface area contributed by atoms with Crippen molar-refractivity contribution in [3.8, 4) is 11.3 Å². The number of carbonyl (C=O) groups excluding carboxylic acids is 1. The number of imidazole rings is 1. The maximum Gasteiger partial charge on any atom is 0.258 e. The molecule has 1 aliphatic rings. The molecular formula is C22H21N7O. The number of benzene rings is 1. The molecule has 0 spiro atoms. The molecule has 0 aliphatic carbocycles. The Bertz CT molecular complexity index is 1230. The van der Waals surface area contributed by atoms with Gasteiger partial charge in [-0.05, 0) is 31.0 Å². The first-order valence-corrected chi connectivity index (χ1v) is 9.93. The van der Waals surface area contributed by atoms with Gasteiger partial charge in [-0.2, -0.15) is 0 Å². The second kappa shape index (κ2) is 7.55. The summed E-state index contributed by atoms with van der Waals surface area (Å²) in [4.78, 5) is 32.4. The smallest absolute Gasteiger partial charge is 0.258 e. The summed E-state index contributed by atoms with van der Waals surface area (Å²) in [6.45, 7) is 1.95. The summed E-state index contributed by atoms with van der Waals surface area (Å²) in [5, 5.41) is 3.71. The number of aryl methyl sites for hydroxylation is 1. The second-order valence-corrected chi connectivity index (χ2v) is 7.41. The third kappa shape index (κ3) is 3.47. The van der Waals surface area contributed by atoms with Gasteiger partial charge in [0, 0.05) is 49.0 Å². The molecule has 150 valence electrons. The Hall–Kier alpha value is -3.81. The molecule has 1 N–H and O–H groups in total. The van der Waals surface area contributed by atoms with E-state index in [1.165, 1.54) is 0 Å². The van der Waals surface area contributed by atoms with E-state index in [2.05, 4.69) is 30.2 Å². The van der Waals surface area contributed by atoms with Crippen molar-refractivity contribution in [2.45, 2.75) is 12.8 Å². The fourth-order valence-corrected chi connectivity index (χ4v) is 3.73. The van der Waals surface area contributed by atoms with Crippen LogP contribution in [-0.2, 0) is 7.05 Å². The molecule has 4 aromatic rings. The molecular weight excluding hydrogens is 378 g/mol. The quantitative estimate of drug-likeness (QED) is 0.567. The molecule has 0 saturated carbocycles. The van der Waals surface area contributed by atoms with E-state index in [0.29, 0.717) is 5.56 Å². The van der Waals surface area contributed by atoms with E-state index >= 15 is 0 Å². The zero-order chi connectivity index (χ0) is 20.5. The molecule has 1 aromatic carbocycles. The van der Waals surface area contributed by atoms with E-state index in [4.69, 9.17) is 0 Å². The van der Waals surface area contributed by atoms with Crippen molar-refractivity contribution in [1.29, 1.82) is 0 Å². The molecule has 4 heterocycles. The predicted molar refractivity (Wildman–Crippen MR) is 115 cm³/mol. The van der Waals surface area contributed by atoms with E-state index in [9.17, 15) is 4.79 Å². The zero-order valence-electron chi connectivity index (χ0n) is 16.6. The van der Waals surface area contributed by atoms with Crippen molar-refractivity contribution in [2.24, 2.45) is 7.05 Å². The molecule has 0 radical (unpaired) electrons. The highest BCUT2D eigenvalue weighted by atomic mass is 16.1. The van der Waals surface area contributed by atoms with Crippen LogP contribution in [0.1, 0.15) is 23.2 Å². The van der Waals surface area contributed by atoms with E-state index in [1.807, 2.05) is 42.1 Å². The lowest BCUT2D eigenvalue weighted by Crippen LogP contribution is -2.20. The number of carbonyl (C=O) groups is 1. The standard InChI is InChI=1S/C22H21N7O/c1-28-14-23-13-19(28)15-4-5-17-12-25-22(26-18(17)10-15)27-21(30)16-6-7-24-20(11-16)29-8-2-3-9-29/h4-7,10-14H,2-3,8-9H2,1H3,(H,25,26,27,30). The number of pyridine rings is 1. The number of anilines is 2. The minimum Gasteiger partial charge on any atom is -0.357 e. The molecule has 0 unspecified atom stereocenters. The van der Waals surface area contributed by atoms with Gasteiger partial charge in [-0.3, -0.25) is 10.1 Å². The third-order valence-electron chi connectivity index (χ3n) is 5.36. The summed E-state index contributed by atoms with van der Waals surface area (Å²) in [5.41, 5.74) is 3.29. The fraction of sp³-hybridized carbons (Fsp3) is 0.227. The van der Waals surface area contributed by atoms with Crippen LogP contribution in [0, 0.1) is 0 Å². The number of hydrogen-bond donors (Lipinski definition) is 1. The van der Waals surface area contributed by atoms with Crippen LogP contribution in [-0.4, -0.2) is 43.5 Å². The molecule has 30 heavy (non-hydrogen) atoms. The van der Waals surface area contributed by atoms with Gasteiger partial charge in [-0.25, -0.2) is 19.9 Å². The number of fused-ring (bicyclic) bond motifs is 1. The first kappa shape index (κ1) is 18.2. The molecule has 1 saturated heterocycles. The Labute approximate surface area is 173 Å². The van der Waals surface area contributed by atoms with Crippen LogP contribution < -0.4 is 10.2 Å². The number of rotatable bonds is 4. The monoisotopic (exact) mass is 399 g/mol. The van der Waals surface area contributed by atoms with Crippen molar-refractivity contribution in [2.75, 3.05) is 23.3 Å². The van der Waals surface area contributed by atoms with Gasteiger partial charge in [-0.15, -0.1) is 0 Å². The average Bonchev–Trinajstić information content (AvgIpc) is 3.45. The van der Waals surface area contributed by atoms with E-state index in [-0.39, 0.29) is 11.9 Å². The van der Waals surface area contributed by atoms with Crippen LogP contribution in [0.5, 0.6) is 0 Å².